The SMILES string of the molecule is C1=Cc2nc1c(-c1ccccc1)c1ccc([nH]1)c(-c1ccccc1)c1nc(c(-c3ccc(OC4CCCCC4)cc3)c3ccc([nH]3)c2-c2ccccc2)C=C1. The van der Waals surface area contributed by atoms with Crippen LogP contribution < -0.4 is 4.74 Å². The number of rotatable bonds is 6. The lowest BCUT2D eigenvalue weighted by atomic mass is 9.98. The molecule has 2 aliphatic heterocycles. The van der Waals surface area contributed by atoms with E-state index in [0.717, 1.165) is 108 Å². The Morgan fingerprint density at radius 2 is 0.727 bits per heavy atom. The van der Waals surface area contributed by atoms with Crippen molar-refractivity contribution in [3.8, 4) is 50.3 Å². The minimum atomic E-state index is 0.291. The van der Waals surface area contributed by atoms with Gasteiger partial charge in [-0.25, -0.2) is 9.97 Å². The largest absolute Gasteiger partial charge is 0.490 e. The van der Waals surface area contributed by atoms with E-state index < -0.39 is 0 Å². The van der Waals surface area contributed by atoms with Gasteiger partial charge in [-0.15, -0.1) is 0 Å². The van der Waals surface area contributed by atoms with Gasteiger partial charge >= 0.3 is 0 Å². The summed E-state index contributed by atoms with van der Waals surface area (Å²) in [5, 5.41) is 0. The summed E-state index contributed by atoms with van der Waals surface area (Å²) < 4.78 is 6.45. The average Bonchev–Trinajstić information content (AvgIpc) is 4.08. The van der Waals surface area contributed by atoms with Crippen molar-refractivity contribution in [2.75, 3.05) is 0 Å². The lowest BCUT2D eigenvalue weighted by molar-refractivity contribution is 0.155. The zero-order chi connectivity index (χ0) is 36.6. The molecule has 3 aromatic heterocycles. The van der Waals surface area contributed by atoms with Gasteiger partial charge in [-0.3, -0.25) is 0 Å². The number of nitrogens with one attached hydrogen (secondary N) is 2. The van der Waals surface area contributed by atoms with E-state index in [-0.39, 0.29) is 0 Å². The van der Waals surface area contributed by atoms with E-state index in [1.165, 1.54) is 19.3 Å². The number of fused-ring (bicyclic) bond motifs is 8. The Hall–Kier alpha value is -6.72. The fraction of sp³-hybridized carbons (Fsp3) is 0.120. The van der Waals surface area contributed by atoms with Gasteiger partial charge in [0.1, 0.15) is 5.75 Å². The predicted molar refractivity (Wildman–Crippen MR) is 228 cm³/mol. The first-order valence-corrected chi connectivity index (χ1v) is 19.3. The minimum Gasteiger partial charge on any atom is -0.490 e. The van der Waals surface area contributed by atoms with Crippen LogP contribution in [0.5, 0.6) is 5.75 Å². The highest BCUT2D eigenvalue weighted by Gasteiger charge is 2.20. The number of hydrogen-bond donors (Lipinski definition) is 2. The summed E-state index contributed by atoms with van der Waals surface area (Å²) >= 11 is 0. The van der Waals surface area contributed by atoms with Gasteiger partial charge in [-0.05, 0) is 109 Å². The smallest absolute Gasteiger partial charge is 0.119 e. The number of H-pyrrole nitrogens is 2. The first-order chi connectivity index (χ1) is 27.2. The van der Waals surface area contributed by atoms with Gasteiger partial charge in [0.15, 0.2) is 0 Å². The molecular weight excluding hydrogens is 673 g/mol. The first kappa shape index (κ1) is 32.9. The van der Waals surface area contributed by atoms with Crippen molar-refractivity contribution in [1.29, 1.82) is 0 Å². The Morgan fingerprint density at radius 3 is 1.09 bits per heavy atom. The normalized spacial score (nSPS) is 14.0. The predicted octanol–water partition coefficient (Wildman–Crippen LogP) is 13.0. The van der Waals surface area contributed by atoms with Crippen LogP contribution in [0.2, 0.25) is 0 Å². The van der Waals surface area contributed by atoms with Crippen LogP contribution in [0.25, 0.3) is 90.9 Å². The average molecular weight is 713 g/mol. The number of nitrogens with zero attached hydrogens (tertiary/aromatic N) is 2. The van der Waals surface area contributed by atoms with E-state index in [1.807, 2.05) is 0 Å². The molecule has 0 unspecified atom stereocenters. The summed E-state index contributed by atoms with van der Waals surface area (Å²) in [7, 11) is 0. The van der Waals surface area contributed by atoms with Gasteiger partial charge in [-0.1, -0.05) is 110 Å². The summed E-state index contributed by atoms with van der Waals surface area (Å²) in [5.41, 5.74) is 16.0. The maximum absolute atomic E-state index is 6.45. The van der Waals surface area contributed by atoms with Gasteiger partial charge in [0.2, 0.25) is 0 Å². The molecule has 0 spiro atoms. The molecule has 5 heterocycles. The van der Waals surface area contributed by atoms with Gasteiger partial charge in [0, 0.05) is 44.3 Å². The highest BCUT2D eigenvalue weighted by Crippen LogP contribution is 2.38. The topological polar surface area (TPSA) is 66.6 Å². The molecule has 1 fully saturated rings. The van der Waals surface area contributed by atoms with Crippen molar-refractivity contribution in [2.45, 2.75) is 38.2 Å². The van der Waals surface area contributed by atoms with Crippen molar-refractivity contribution >= 4 is 46.4 Å². The van der Waals surface area contributed by atoms with Crippen molar-refractivity contribution in [1.82, 2.24) is 19.9 Å². The van der Waals surface area contributed by atoms with E-state index in [0.29, 0.717) is 6.10 Å². The van der Waals surface area contributed by atoms with E-state index in [1.54, 1.807) is 0 Å². The molecule has 0 atom stereocenters. The fourth-order valence-corrected chi connectivity index (χ4v) is 8.31. The third-order valence-corrected chi connectivity index (χ3v) is 10.9. The third kappa shape index (κ3) is 6.38. The molecule has 1 aliphatic carbocycles. The number of ether oxygens (including phenoxy) is 1. The molecule has 5 heteroatoms. The van der Waals surface area contributed by atoms with Gasteiger partial charge < -0.3 is 14.7 Å². The zero-order valence-corrected chi connectivity index (χ0v) is 30.5. The van der Waals surface area contributed by atoms with Crippen LogP contribution in [0.4, 0.5) is 0 Å². The summed E-state index contributed by atoms with van der Waals surface area (Å²) in [5.74, 6) is 0.916. The maximum atomic E-state index is 6.45. The second-order valence-electron chi connectivity index (χ2n) is 14.5. The lowest BCUT2D eigenvalue weighted by Crippen LogP contribution is -2.19. The standard InChI is InChI=1S/C50H40N4O/c1-5-13-33(14-6-1)47-39-25-27-41(51-39)48(34-15-7-2-8-16-34)43-29-31-45(53-43)50(36-21-23-38(24-22-36)55-37-19-11-4-12-20-37)46-32-30-44(54-46)49(35-17-9-3-10-18-35)42-28-26-40(47)52-42/h1-3,5-10,13-18,21-32,37,51,54H,4,11-12,19-20H2. The minimum absolute atomic E-state index is 0.291. The van der Waals surface area contributed by atoms with E-state index in [4.69, 9.17) is 14.7 Å². The van der Waals surface area contributed by atoms with Crippen molar-refractivity contribution in [3.63, 3.8) is 0 Å². The number of aromatic nitrogens is 4. The fourth-order valence-electron chi connectivity index (χ4n) is 8.31. The van der Waals surface area contributed by atoms with Crippen LogP contribution in [0, 0.1) is 0 Å². The molecule has 3 aliphatic rings. The first-order valence-electron chi connectivity index (χ1n) is 19.3. The molecule has 0 amide bonds. The van der Waals surface area contributed by atoms with Crippen LogP contribution >= 0.6 is 0 Å². The number of hydrogen-bond acceptors (Lipinski definition) is 3. The van der Waals surface area contributed by atoms with Gasteiger partial charge in [0.25, 0.3) is 0 Å². The number of aromatic amines is 2. The maximum Gasteiger partial charge on any atom is 0.119 e. The summed E-state index contributed by atoms with van der Waals surface area (Å²) in [4.78, 5) is 18.5. The molecule has 2 N–H and O–H groups in total. The van der Waals surface area contributed by atoms with Crippen LogP contribution in [0.1, 0.15) is 54.9 Å². The summed E-state index contributed by atoms with van der Waals surface area (Å²) in [6.45, 7) is 0. The molecule has 5 nitrogen and oxygen atoms in total. The molecule has 55 heavy (non-hydrogen) atoms. The van der Waals surface area contributed by atoms with Crippen molar-refractivity contribution in [2.24, 2.45) is 0 Å². The Morgan fingerprint density at radius 1 is 0.382 bits per heavy atom. The molecule has 0 saturated heterocycles. The molecule has 266 valence electrons. The van der Waals surface area contributed by atoms with E-state index >= 15 is 0 Å². The summed E-state index contributed by atoms with van der Waals surface area (Å²) in [6, 6.07) is 48.9. The number of benzene rings is 4. The third-order valence-electron chi connectivity index (χ3n) is 10.9. The molecule has 8 bridgehead atoms. The van der Waals surface area contributed by atoms with E-state index in [9.17, 15) is 0 Å². The Bertz CT molecular complexity index is 2700. The molecular formula is C50H40N4O. The highest BCUT2D eigenvalue weighted by atomic mass is 16.5. The van der Waals surface area contributed by atoms with Crippen LogP contribution in [-0.2, 0) is 0 Å². The van der Waals surface area contributed by atoms with Crippen molar-refractivity contribution < 1.29 is 4.74 Å². The van der Waals surface area contributed by atoms with Crippen LogP contribution in [0.3, 0.4) is 0 Å². The van der Waals surface area contributed by atoms with Crippen LogP contribution in [-0.4, -0.2) is 26.0 Å². The second-order valence-corrected chi connectivity index (χ2v) is 14.5. The Labute approximate surface area is 320 Å². The summed E-state index contributed by atoms with van der Waals surface area (Å²) in [6.07, 6.45) is 14.9. The Balaban J connectivity index is 1.29. The second kappa shape index (κ2) is 14.3. The molecule has 0 radical (unpaired) electrons. The molecule has 10 rings (SSSR count). The molecule has 1 saturated carbocycles. The van der Waals surface area contributed by atoms with Crippen LogP contribution in [0.15, 0.2) is 140 Å². The van der Waals surface area contributed by atoms with Gasteiger partial charge in [0.05, 0.1) is 28.9 Å². The molecule has 7 aromatic rings. The van der Waals surface area contributed by atoms with Crippen molar-refractivity contribution in [3.05, 3.63) is 162 Å². The zero-order valence-electron chi connectivity index (χ0n) is 30.5. The Kier molecular flexibility index (Phi) is 8.53. The lowest BCUT2D eigenvalue weighted by Gasteiger charge is -2.23. The highest BCUT2D eigenvalue weighted by molar-refractivity contribution is 5.99. The molecule has 4 aromatic carbocycles. The monoisotopic (exact) mass is 712 g/mol. The quantitative estimate of drug-likeness (QED) is 0.180. The van der Waals surface area contributed by atoms with E-state index in [2.05, 4.69) is 174 Å². The van der Waals surface area contributed by atoms with Gasteiger partial charge in [-0.2, -0.15) is 0 Å².